The summed E-state index contributed by atoms with van der Waals surface area (Å²) >= 11 is 0. The zero-order chi connectivity index (χ0) is 48.6. The van der Waals surface area contributed by atoms with Crippen LogP contribution in [-0.2, 0) is 28.6 Å². The predicted molar refractivity (Wildman–Crippen MR) is 288 cm³/mol. The normalized spacial score (nSPS) is 12.8. The van der Waals surface area contributed by atoms with Gasteiger partial charge in [0.05, 0.1) is 0 Å². The minimum Gasteiger partial charge on any atom is -0.462 e. The summed E-state index contributed by atoms with van der Waals surface area (Å²) in [5.41, 5.74) is 0. The molecule has 0 aromatic rings. The van der Waals surface area contributed by atoms with Crippen LogP contribution in [0.25, 0.3) is 0 Å². The van der Waals surface area contributed by atoms with Crippen LogP contribution < -0.4 is 0 Å². The van der Waals surface area contributed by atoms with E-state index in [1.54, 1.807) is 0 Å². The third kappa shape index (κ3) is 53.2. The van der Waals surface area contributed by atoms with Crippen molar-refractivity contribution in [3.05, 3.63) is 97.2 Å². The van der Waals surface area contributed by atoms with E-state index in [4.69, 9.17) is 14.2 Å². The second-order valence-electron chi connectivity index (χ2n) is 18.1. The lowest BCUT2D eigenvalue weighted by atomic mass is 10.1. The molecule has 0 saturated carbocycles. The lowest BCUT2D eigenvalue weighted by Gasteiger charge is -2.18. The van der Waals surface area contributed by atoms with Gasteiger partial charge in [-0.05, 0) is 103 Å². The molecule has 0 saturated heterocycles. The number of ether oxygens (including phenoxy) is 3. The number of unbranched alkanes of at least 4 members (excludes halogenated alkanes) is 22. The van der Waals surface area contributed by atoms with E-state index in [1.165, 1.54) is 109 Å². The van der Waals surface area contributed by atoms with E-state index in [-0.39, 0.29) is 31.1 Å². The van der Waals surface area contributed by atoms with E-state index in [1.807, 2.05) is 0 Å². The molecule has 0 aromatic heterocycles. The average Bonchev–Trinajstić information content (AvgIpc) is 3.33. The molecule has 0 radical (unpaired) electrons. The van der Waals surface area contributed by atoms with Crippen molar-refractivity contribution in [2.45, 2.75) is 258 Å². The number of allylic oxidation sites excluding steroid dienone is 16. The summed E-state index contributed by atoms with van der Waals surface area (Å²) in [6, 6.07) is 0. The molecule has 1 unspecified atom stereocenters. The Morgan fingerprint density at radius 3 is 0.970 bits per heavy atom. The molecule has 0 spiro atoms. The van der Waals surface area contributed by atoms with Gasteiger partial charge in [0, 0.05) is 19.3 Å². The summed E-state index contributed by atoms with van der Waals surface area (Å²) in [5, 5.41) is 0. The van der Waals surface area contributed by atoms with Gasteiger partial charge in [-0.3, -0.25) is 14.4 Å². The van der Waals surface area contributed by atoms with Gasteiger partial charge < -0.3 is 14.2 Å². The quantitative estimate of drug-likeness (QED) is 0.0262. The van der Waals surface area contributed by atoms with E-state index in [0.29, 0.717) is 19.3 Å². The molecule has 6 nitrogen and oxygen atoms in total. The van der Waals surface area contributed by atoms with Crippen LogP contribution in [0.2, 0.25) is 0 Å². The Morgan fingerprint density at radius 2 is 0.582 bits per heavy atom. The first-order chi connectivity index (χ1) is 33.0. The molecule has 0 aromatic carbocycles. The number of hydrogen-bond donors (Lipinski definition) is 0. The second-order valence-corrected chi connectivity index (χ2v) is 18.1. The first kappa shape index (κ1) is 63.3. The molecule has 0 rings (SSSR count). The zero-order valence-electron chi connectivity index (χ0n) is 43.6. The van der Waals surface area contributed by atoms with Gasteiger partial charge in [0.1, 0.15) is 13.2 Å². The maximum absolute atomic E-state index is 12.8. The molecular weight excluding hydrogens is 829 g/mol. The van der Waals surface area contributed by atoms with E-state index in [9.17, 15) is 14.4 Å². The number of rotatable bonds is 49. The fourth-order valence-corrected chi connectivity index (χ4v) is 7.42. The zero-order valence-corrected chi connectivity index (χ0v) is 43.6. The molecule has 0 heterocycles. The van der Waals surface area contributed by atoms with Gasteiger partial charge in [0.15, 0.2) is 6.10 Å². The van der Waals surface area contributed by atoms with Crippen molar-refractivity contribution in [2.24, 2.45) is 0 Å². The van der Waals surface area contributed by atoms with Gasteiger partial charge in [-0.1, -0.05) is 227 Å². The van der Waals surface area contributed by atoms with Crippen LogP contribution in [0.1, 0.15) is 252 Å². The van der Waals surface area contributed by atoms with Crippen molar-refractivity contribution in [1.29, 1.82) is 0 Å². The Balaban J connectivity index is 4.39. The molecular formula is C61H102O6. The summed E-state index contributed by atoms with van der Waals surface area (Å²) < 4.78 is 16.8. The topological polar surface area (TPSA) is 78.9 Å². The summed E-state index contributed by atoms with van der Waals surface area (Å²) in [6.07, 6.45) is 72.6. The molecule has 67 heavy (non-hydrogen) atoms. The van der Waals surface area contributed by atoms with Crippen LogP contribution in [0.15, 0.2) is 97.2 Å². The van der Waals surface area contributed by atoms with Crippen molar-refractivity contribution in [3.63, 3.8) is 0 Å². The number of hydrogen-bond acceptors (Lipinski definition) is 6. The molecule has 0 aliphatic rings. The monoisotopic (exact) mass is 931 g/mol. The average molecular weight is 931 g/mol. The standard InChI is InChI=1S/C61H102O6/c1-4-7-10-13-16-19-21-23-25-27-29-30-32-33-35-37-39-42-45-48-51-54-60(63)66-57-58(56-65-59(62)53-50-47-44-41-18-15-12-9-6-3)67-61(64)55-52-49-46-43-40-38-36-34-31-28-26-24-22-20-17-14-11-8-5-2/h7,10,16-17,19-20,23-26,29-30,33,35,39,42,58H,4-6,8-9,11-15,18,21-22,27-28,31-32,34,36-38,40-41,43-57H2,1-3H3/b10-7-,19-16-,20-17-,25-23-,26-24-,30-29-,35-33-,42-39-. The minimum absolute atomic E-state index is 0.0925. The Morgan fingerprint density at radius 1 is 0.313 bits per heavy atom. The number of carbonyl (C=O) groups excluding carboxylic acids is 3. The maximum atomic E-state index is 12.8. The first-order valence-electron chi connectivity index (χ1n) is 27.7. The van der Waals surface area contributed by atoms with Crippen LogP contribution >= 0.6 is 0 Å². The number of esters is 3. The van der Waals surface area contributed by atoms with Crippen LogP contribution in [0.3, 0.4) is 0 Å². The summed E-state index contributed by atoms with van der Waals surface area (Å²) in [7, 11) is 0. The van der Waals surface area contributed by atoms with E-state index >= 15 is 0 Å². The Hall–Kier alpha value is -3.67. The van der Waals surface area contributed by atoms with Gasteiger partial charge in [-0.25, -0.2) is 0 Å². The molecule has 6 heteroatoms. The van der Waals surface area contributed by atoms with Gasteiger partial charge in [-0.2, -0.15) is 0 Å². The maximum Gasteiger partial charge on any atom is 0.306 e. The van der Waals surface area contributed by atoms with Crippen molar-refractivity contribution in [2.75, 3.05) is 13.2 Å². The van der Waals surface area contributed by atoms with Crippen LogP contribution in [0.5, 0.6) is 0 Å². The Kier molecular flexibility index (Phi) is 51.9. The fourth-order valence-electron chi connectivity index (χ4n) is 7.42. The lowest BCUT2D eigenvalue weighted by molar-refractivity contribution is -0.167. The molecule has 0 aliphatic heterocycles. The molecule has 0 aliphatic carbocycles. The van der Waals surface area contributed by atoms with Crippen LogP contribution in [0, 0.1) is 0 Å². The molecule has 382 valence electrons. The van der Waals surface area contributed by atoms with Gasteiger partial charge in [0.2, 0.25) is 0 Å². The van der Waals surface area contributed by atoms with Gasteiger partial charge in [0.25, 0.3) is 0 Å². The van der Waals surface area contributed by atoms with Crippen LogP contribution in [0.4, 0.5) is 0 Å². The summed E-state index contributed by atoms with van der Waals surface area (Å²) in [6.45, 7) is 6.44. The van der Waals surface area contributed by atoms with Crippen molar-refractivity contribution < 1.29 is 28.6 Å². The van der Waals surface area contributed by atoms with E-state index < -0.39 is 6.10 Å². The van der Waals surface area contributed by atoms with Gasteiger partial charge in [-0.15, -0.1) is 0 Å². The molecule has 0 N–H and O–H groups in total. The largest absolute Gasteiger partial charge is 0.462 e. The van der Waals surface area contributed by atoms with Gasteiger partial charge >= 0.3 is 17.9 Å². The van der Waals surface area contributed by atoms with Crippen molar-refractivity contribution >= 4 is 17.9 Å². The molecule has 0 bridgehead atoms. The third-order valence-corrected chi connectivity index (χ3v) is 11.6. The Labute approximate surface area is 413 Å². The number of carbonyl (C=O) groups is 3. The summed E-state index contributed by atoms with van der Waals surface area (Å²) in [4.78, 5) is 38.0. The van der Waals surface area contributed by atoms with E-state index in [2.05, 4.69) is 118 Å². The third-order valence-electron chi connectivity index (χ3n) is 11.6. The highest BCUT2D eigenvalue weighted by Gasteiger charge is 2.19. The first-order valence-corrected chi connectivity index (χ1v) is 27.7. The van der Waals surface area contributed by atoms with Crippen molar-refractivity contribution in [3.8, 4) is 0 Å². The van der Waals surface area contributed by atoms with E-state index in [0.717, 1.165) is 103 Å². The highest BCUT2D eigenvalue weighted by atomic mass is 16.6. The fraction of sp³-hybridized carbons (Fsp3) is 0.689. The summed E-state index contributed by atoms with van der Waals surface area (Å²) in [5.74, 6) is -0.944. The molecule has 1 atom stereocenters. The van der Waals surface area contributed by atoms with Crippen molar-refractivity contribution in [1.82, 2.24) is 0 Å². The molecule has 0 fully saturated rings. The highest BCUT2D eigenvalue weighted by Crippen LogP contribution is 2.14. The predicted octanol–water partition coefficient (Wildman–Crippen LogP) is 18.5. The minimum atomic E-state index is -0.796. The Bertz CT molecular complexity index is 1350. The lowest BCUT2D eigenvalue weighted by Crippen LogP contribution is -2.30. The van der Waals surface area contributed by atoms with Crippen LogP contribution in [-0.4, -0.2) is 37.2 Å². The SMILES string of the molecule is CC/C=C\C/C=C\C/C=C\C/C=C\C/C=C\C/C=C\CCCCC(=O)OCC(COC(=O)CCCCCCCCCCC)OC(=O)CCCCCCCCCCC/C=C\C/C=C\CCCCC. The highest BCUT2D eigenvalue weighted by molar-refractivity contribution is 5.71. The smallest absolute Gasteiger partial charge is 0.306 e. The molecule has 0 amide bonds. The second kappa shape index (κ2) is 54.9.